The molecule has 5 nitrogen and oxygen atoms in total. The Bertz CT molecular complexity index is 400. The molecule has 0 aliphatic rings. The first-order valence-corrected chi connectivity index (χ1v) is 4.79. The molecule has 0 saturated heterocycles. The Balaban J connectivity index is 2.86. The van der Waals surface area contributed by atoms with Crippen molar-refractivity contribution in [3.8, 4) is 0 Å². The molecule has 1 aromatic carbocycles. The number of amides is 1. The highest BCUT2D eigenvalue weighted by atomic mass is 16.4. The molecule has 3 N–H and O–H groups in total. The molecule has 16 heavy (non-hydrogen) atoms. The van der Waals surface area contributed by atoms with E-state index in [4.69, 9.17) is 10.8 Å². The smallest absolute Gasteiger partial charge is 0.326 e. The van der Waals surface area contributed by atoms with E-state index >= 15 is 0 Å². The fourth-order valence-corrected chi connectivity index (χ4v) is 1.17. The van der Waals surface area contributed by atoms with Crippen molar-refractivity contribution >= 4 is 17.6 Å². The largest absolute Gasteiger partial charge is 0.480 e. The van der Waals surface area contributed by atoms with E-state index in [1.165, 1.54) is 18.9 Å². The summed E-state index contributed by atoms with van der Waals surface area (Å²) in [6.07, 6.45) is 0. The van der Waals surface area contributed by atoms with E-state index in [0.717, 1.165) is 0 Å². The minimum atomic E-state index is -1.04. The van der Waals surface area contributed by atoms with Gasteiger partial charge < -0.3 is 15.7 Å². The SMILES string of the molecule is C[C@@H](C(=O)O)N(C)C(=O)c1ccc(N)cc1. The molecule has 0 saturated carbocycles. The molecule has 5 heteroatoms. The Morgan fingerprint density at radius 3 is 2.25 bits per heavy atom. The van der Waals surface area contributed by atoms with Crippen LogP contribution in [-0.4, -0.2) is 35.0 Å². The number of hydrogen-bond donors (Lipinski definition) is 2. The summed E-state index contributed by atoms with van der Waals surface area (Å²) in [5, 5.41) is 8.78. The van der Waals surface area contributed by atoms with Crippen molar-refractivity contribution in [2.24, 2.45) is 0 Å². The van der Waals surface area contributed by atoms with E-state index in [-0.39, 0.29) is 5.91 Å². The van der Waals surface area contributed by atoms with Gasteiger partial charge in [-0.2, -0.15) is 0 Å². The minimum Gasteiger partial charge on any atom is -0.480 e. The number of hydrogen-bond acceptors (Lipinski definition) is 3. The second-order valence-corrected chi connectivity index (χ2v) is 3.55. The monoisotopic (exact) mass is 222 g/mol. The molecule has 1 rings (SSSR count). The van der Waals surface area contributed by atoms with E-state index < -0.39 is 12.0 Å². The normalized spacial score (nSPS) is 11.9. The first kappa shape index (κ1) is 12.0. The van der Waals surface area contributed by atoms with Crippen LogP contribution in [0, 0.1) is 0 Å². The average molecular weight is 222 g/mol. The maximum absolute atomic E-state index is 11.8. The van der Waals surface area contributed by atoms with Crippen LogP contribution in [0.25, 0.3) is 0 Å². The van der Waals surface area contributed by atoms with E-state index in [1.807, 2.05) is 0 Å². The van der Waals surface area contributed by atoms with Gasteiger partial charge in [-0.05, 0) is 31.2 Å². The van der Waals surface area contributed by atoms with Gasteiger partial charge in [-0.15, -0.1) is 0 Å². The average Bonchev–Trinajstić information content (AvgIpc) is 2.27. The molecule has 0 fully saturated rings. The number of carbonyl (C=O) groups excluding carboxylic acids is 1. The summed E-state index contributed by atoms with van der Waals surface area (Å²) in [7, 11) is 1.46. The number of likely N-dealkylation sites (N-methyl/N-ethyl adjacent to an activating group) is 1. The summed E-state index contributed by atoms with van der Waals surface area (Å²) >= 11 is 0. The van der Waals surface area contributed by atoms with Gasteiger partial charge in [0.1, 0.15) is 6.04 Å². The summed E-state index contributed by atoms with van der Waals surface area (Å²) < 4.78 is 0. The van der Waals surface area contributed by atoms with Crippen LogP contribution in [0.1, 0.15) is 17.3 Å². The predicted molar refractivity (Wildman–Crippen MR) is 60.0 cm³/mol. The number of nitrogens with two attached hydrogens (primary N) is 1. The standard InChI is InChI=1S/C11H14N2O3/c1-7(11(15)16)13(2)10(14)8-3-5-9(12)6-4-8/h3-7H,12H2,1-2H3,(H,15,16)/t7-/m0/s1. The van der Waals surface area contributed by atoms with E-state index in [2.05, 4.69) is 0 Å². The molecule has 1 amide bonds. The van der Waals surface area contributed by atoms with E-state index in [9.17, 15) is 9.59 Å². The van der Waals surface area contributed by atoms with Gasteiger partial charge in [-0.3, -0.25) is 4.79 Å². The molecular formula is C11H14N2O3. The number of nitrogen functional groups attached to an aromatic ring is 1. The van der Waals surface area contributed by atoms with Crippen LogP contribution in [0.3, 0.4) is 0 Å². The van der Waals surface area contributed by atoms with Gasteiger partial charge in [0.2, 0.25) is 0 Å². The highest BCUT2D eigenvalue weighted by Gasteiger charge is 2.22. The fourth-order valence-electron chi connectivity index (χ4n) is 1.17. The van der Waals surface area contributed by atoms with Crippen molar-refractivity contribution in [2.75, 3.05) is 12.8 Å². The molecule has 1 atom stereocenters. The lowest BCUT2D eigenvalue weighted by atomic mass is 10.1. The zero-order valence-corrected chi connectivity index (χ0v) is 9.18. The number of carboxylic acid groups (broad SMARTS) is 1. The first-order chi connectivity index (χ1) is 7.43. The van der Waals surface area contributed by atoms with Crippen LogP contribution < -0.4 is 5.73 Å². The molecule has 0 aromatic heterocycles. The van der Waals surface area contributed by atoms with Crippen molar-refractivity contribution in [1.29, 1.82) is 0 Å². The second-order valence-electron chi connectivity index (χ2n) is 3.55. The summed E-state index contributed by atoms with van der Waals surface area (Å²) in [6.45, 7) is 1.46. The van der Waals surface area contributed by atoms with Crippen molar-refractivity contribution in [3.63, 3.8) is 0 Å². The van der Waals surface area contributed by atoms with Crippen LogP contribution in [0.15, 0.2) is 24.3 Å². The number of rotatable bonds is 3. The minimum absolute atomic E-state index is 0.338. The lowest BCUT2D eigenvalue weighted by Crippen LogP contribution is -2.40. The maximum Gasteiger partial charge on any atom is 0.326 e. The van der Waals surface area contributed by atoms with Gasteiger partial charge in [-0.1, -0.05) is 0 Å². The van der Waals surface area contributed by atoms with E-state index in [0.29, 0.717) is 11.3 Å². The number of anilines is 1. The molecule has 0 bridgehead atoms. The highest BCUT2D eigenvalue weighted by Crippen LogP contribution is 2.09. The highest BCUT2D eigenvalue weighted by molar-refractivity contribution is 5.96. The quantitative estimate of drug-likeness (QED) is 0.741. The van der Waals surface area contributed by atoms with Gasteiger partial charge in [0, 0.05) is 18.3 Å². The zero-order chi connectivity index (χ0) is 12.3. The number of aliphatic carboxylic acids is 1. The number of carboxylic acids is 1. The van der Waals surface area contributed by atoms with Crippen molar-refractivity contribution in [1.82, 2.24) is 4.90 Å². The summed E-state index contributed by atoms with van der Waals surface area (Å²) in [6, 6.07) is 5.50. The third-order valence-corrected chi connectivity index (χ3v) is 2.42. The third kappa shape index (κ3) is 2.50. The molecule has 0 aliphatic carbocycles. The fraction of sp³-hybridized carbons (Fsp3) is 0.273. The van der Waals surface area contributed by atoms with Crippen molar-refractivity contribution < 1.29 is 14.7 Å². The predicted octanol–water partition coefficient (Wildman–Crippen LogP) is 0.814. The molecule has 0 spiro atoms. The Labute approximate surface area is 93.5 Å². The molecule has 86 valence electrons. The van der Waals surface area contributed by atoms with E-state index in [1.54, 1.807) is 24.3 Å². The Hall–Kier alpha value is -2.04. The zero-order valence-electron chi connectivity index (χ0n) is 9.18. The molecule has 0 aliphatic heterocycles. The first-order valence-electron chi connectivity index (χ1n) is 4.79. The summed E-state index contributed by atoms with van der Waals surface area (Å²) in [5.74, 6) is -1.37. The van der Waals surface area contributed by atoms with Crippen LogP contribution in [-0.2, 0) is 4.79 Å². The second kappa shape index (κ2) is 4.65. The topological polar surface area (TPSA) is 83.6 Å². The third-order valence-electron chi connectivity index (χ3n) is 2.42. The molecule has 1 aromatic rings. The van der Waals surface area contributed by atoms with Gasteiger partial charge in [-0.25, -0.2) is 4.79 Å². The number of benzene rings is 1. The van der Waals surface area contributed by atoms with Gasteiger partial charge >= 0.3 is 5.97 Å². The molecule has 0 heterocycles. The summed E-state index contributed by atoms with van der Waals surface area (Å²) in [5.41, 5.74) is 6.47. The lowest BCUT2D eigenvalue weighted by Gasteiger charge is -2.21. The van der Waals surface area contributed by atoms with Crippen LogP contribution in [0.2, 0.25) is 0 Å². The number of carbonyl (C=O) groups is 2. The lowest BCUT2D eigenvalue weighted by molar-refractivity contribution is -0.141. The van der Waals surface area contributed by atoms with Gasteiger partial charge in [0.25, 0.3) is 5.91 Å². The Morgan fingerprint density at radius 2 is 1.81 bits per heavy atom. The van der Waals surface area contributed by atoms with Crippen LogP contribution in [0.4, 0.5) is 5.69 Å². The maximum atomic E-state index is 11.8. The molecule has 0 radical (unpaired) electrons. The van der Waals surface area contributed by atoms with Gasteiger partial charge in [0.15, 0.2) is 0 Å². The molecule has 0 unspecified atom stereocenters. The molecular weight excluding hydrogens is 208 g/mol. The van der Waals surface area contributed by atoms with Crippen LogP contribution in [0.5, 0.6) is 0 Å². The Morgan fingerprint density at radius 1 is 1.31 bits per heavy atom. The van der Waals surface area contributed by atoms with Crippen molar-refractivity contribution in [2.45, 2.75) is 13.0 Å². The number of nitrogens with zero attached hydrogens (tertiary/aromatic N) is 1. The summed E-state index contributed by atoms with van der Waals surface area (Å²) in [4.78, 5) is 23.7. The van der Waals surface area contributed by atoms with Gasteiger partial charge in [0.05, 0.1) is 0 Å². The van der Waals surface area contributed by atoms with Crippen molar-refractivity contribution in [3.05, 3.63) is 29.8 Å². The Kier molecular flexibility index (Phi) is 3.50. The van der Waals surface area contributed by atoms with Crippen LogP contribution >= 0.6 is 0 Å².